The predicted octanol–water partition coefficient (Wildman–Crippen LogP) is 2.96. The lowest BCUT2D eigenvalue weighted by Gasteiger charge is -2.04. The third-order valence-corrected chi connectivity index (χ3v) is 1.64. The van der Waals surface area contributed by atoms with Crippen LogP contribution in [0.15, 0.2) is 42.4 Å². The molecule has 94 valence electrons. The zero-order valence-electron chi connectivity index (χ0n) is 9.72. The summed E-state index contributed by atoms with van der Waals surface area (Å²) in [6.45, 7) is 8.86. The van der Waals surface area contributed by atoms with Crippen LogP contribution in [0.2, 0.25) is 0 Å². The van der Waals surface area contributed by atoms with Crippen molar-refractivity contribution >= 4 is 6.72 Å². The molecule has 0 saturated carbocycles. The summed E-state index contributed by atoms with van der Waals surface area (Å²) < 4.78 is 37.4. The van der Waals surface area contributed by atoms with E-state index in [1.54, 1.807) is 17.0 Å². The second-order valence-corrected chi connectivity index (χ2v) is 3.45. The first-order valence-corrected chi connectivity index (χ1v) is 4.90. The molecule has 0 aliphatic rings. The van der Waals surface area contributed by atoms with Crippen LogP contribution in [0.1, 0.15) is 13.3 Å². The Hall–Kier alpha value is -1.74. The monoisotopic (exact) mass is 245 g/mol. The second kappa shape index (κ2) is 7.52. The van der Waals surface area contributed by atoms with Gasteiger partial charge in [0.1, 0.15) is 6.72 Å². The fourth-order valence-corrected chi connectivity index (χ4v) is 1.00. The molecule has 0 amide bonds. The summed E-state index contributed by atoms with van der Waals surface area (Å²) in [7, 11) is 0. The lowest BCUT2D eigenvalue weighted by molar-refractivity contribution is -0.451. The summed E-state index contributed by atoms with van der Waals surface area (Å²) >= 11 is 0. The average molecular weight is 245 g/mol. The zero-order chi connectivity index (χ0) is 13.3. The van der Waals surface area contributed by atoms with Crippen molar-refractivity contribution in [1.29, 1.82) is 0 Å². The van der Waals surface area contributed by atoms with Crippen molar-refractivity contribution < 1.29 is 17.7 Å². The fourth-order valence-electron chi connectivity index (χ4n) is 1.00. The third kappa shape index (κ3) is 10.5. The molecule has 0 spiro atoms. The van der Waals surface area contributed by atoms with Gasteiger partial charge in [0, 0.05) is 6.20 Å². The number of nitrogens with zero attached hydrogens (tertiary/aromatic N) is 1. The molecule has 0 bridgehead atoms. The Bertz CT molecular complexity index is 358. The average Bonchev–Trinajstić information content (AvgIpc) is 2.14. The van der Waals surface area contributed by atoms with Crippen molar-refractivity contribution in [2.24, 2.45) is 0 Å². The van der Waals surface area contributed by atoms with E-state index in [1.807, 2.05) is 0 Å². The van der Waals surface area contributed by atoms with E-state index in [1.165, 1.54) is 19.1 Å². The summed E-state index contributed by atoms with van der Waals surface area (Å²) in [6.07, 6.45) is 0.989. The molecule has 0 radical (unpaired) electrons. The number of nitrogens with one attached hydrogen (secondary N) is 1. The van der Waals surface area contributed by atoms with Crippen molar-refractivity contribution in [3.05, 3.63) is 42.4 Å². The highest BCUT2D eigenvalue weighted by Gasteiger charge is 2.26. The normalized spacial score (nSPS) is 12.4. The van der Waals surface area contributed by atoms with Gasteiger partial charge in [0.05, 0.1) is 6.42 Å². The van der Waals surface area contributed by atoms with E-state index >= 15 is 0 Å². The predicted molar refractivity (Wildman–Crippen MR) is 62.7 cm³/mol. The van der Waals surface area contributed by atoms with Gasteiger partial charge >= 0.3 is 6.18 Å². The van der Waals surface area contributed by atoms with Crippen molar-refractivity contribution in [3.63, 3.8) is 0 Å². The second-order valence-electron chi connectivity index (χ2n) is 3.45. The molecular formula is C12H16F3N2+. The van der Waals surface area contributed by atoms with E-state index in [4.69, 9.17) is 0 Å². The van der Waals surface area contributed by atoms with Crippen LogP contribution in [-0.2, 0) is 0 Å². The van der Waals surface area contributed by atoms with Crippen LogP contribution in [0.25, 0.3) is 0 Å². The minimum Gasteiger partial charge on any atom is -0.337 e. The Morgan fingerprint density at radius 3 is 2.65 bits per heavy atom. The Labute approximate surface area is 99.1 Å². The van der Waals surface area contributed by atoms with E-state index < -0.39 is 12.6 Å². The first kappa shape index (κ1) is 15.3. The van der Waals surface area contributed by atoms with Crippen molar-refractivity contribution in [1.82, 2.24) is 5.32 Å². The maximum Gasteiger partial charge on any atom is 0.392 e. The molecule has 0 unspecified atom stereocenters. The van der Waals surface area contributed by atoms with E-state index in [0.29, 0.717) is 6.67 Å². The topological polar surface area (TPSA) is 15.0 Å². The van der Waals surface area contributed by atoms with Gasteiger partial charge in [-0.25, -0.2) is 0 Å². The molecule has 0 fully saturated rings. The zero-order valence-corrected chi connectivity index (χ0v) is 9.72. The van der Waals surface area contributed by atoms with Crippen LogP contribution < -0.4 is 5.32 Å². The van der Waals surface area contributed by atoms with Gasteiger partial charge in [-0.2, -0.15) is 17.7 Å². The maximum absolute atomic E-state index is 12.0. The van der Waals surface area contributed by atoms with Gasteiger partial charge in [-0.15, -0.1) is 0 Å². The van der Waals surface area contributed by atoms with Gasteiger partial charge in [0.15, 0.2) is 0 Å². The first-order valence-electron chi connectivity index (χ1n) is 4.90. The van der Waals surface area contributed by atoms with Gasteiger partial charge in [-0.3, -0.25) is 0 Å². The molecule has 5 heteroatoms. The SMILES string of the molecule is C=C=C[N+](=C)CNC=CC=C(C)CC(F)(F)F. The van der Waals surface area contributed by atoms with Gasteiger partial charge in [0.2, 0.25) is 12.9 Å². The summed E-state index contributed by atoms with van der Waals surface area (Å²) in [5, 5.41) is 2.85. The van der Waals surface area contributed by atoms with E-state index in [2.05, 4.69) is 24.3 Å². The van der Waals surface area contributed by atoms with Crippen LogP contribution in [0, 0.1) is 0 Å². The first-order chi connectivity index (χ1) is 7.85. The van der Waals surface area contributed by atoms with Gasteiger partial charge in [0.25, 0.3) is 0 Å². The molecule has 0 aromatic rings. The van der Waals surface area contributed by atoms with Crippen LogP contribution in [0.3, 0.4) is 0 Å². The molecule has 0 heterocycles. The molecule has 0 saturated heterocycles. The molecule has 0 atom stereocenters. The molecule has 17 heavy (non-hydrogen) atoms. The summed E-state index contributed by atoms with van der Waals surface area (Å²) in [5.41, 5.74) is 2.80. The van der Waals surface area contributed by atoms with Crippen LogP contribution >= 0.6 is 0 Å². The third-order valence-electron chi connectivity index (χ3n) is 1.64. The van der Waals surface area contributed by atoms with Gasteiger partial charge < -0.3 is 5.32 Å². The molecule has 0 rings (SSSR count). The van der Waals surface area contributed by atoms with E-state index in [0.717, 1.165) is 0 Å². The molecule has 0 aromatic heterocycles. The maximum atomic E-state index is 12.0. The number of alkyl halides is 3. The van der Waals surface area contributed by atoms with Crippen LogP contribution in [0.4, 0.5) is 13.2 Å². The van der Waals surface area contributed by atoms with Crippen molar-refractivity contribution in [3.8, 4) is 0 Å². The minimum atomic E-state index is -4.15. The van der Waals surface area contributed by atoms with Crippen LogP contribution in [0.5, 0.6) is 0 Å². The highest BCUT2D eigenvalue weighted by molar-refractivity contribution is 5.15. The summed E-state index contributed by atoms with van der Waals surface area (Å²) in [4.78, 5) is 0. The lowest BCUT2D eigenvalue weighted by Crippen LogP contribution is -2.16. The van der Waals surface area contributed by atoms with E-state index in [-0.39, 0.29) is 5.57 Å². The number of halogens is 3. The lowest BCUT2D eigenvalue weighted by atomic mass is 10.2. The Balaban J connectivity index is 3.98. The largest absolute Gasteiger partial charge is 0.392 e. The molecule has 0 aromatic carbocycles. The smallest absolute Gasteiger partial charge is 0.337 e. The molecule has 1 N–H and O–H groups in total. The highest BCUT2D eigenvalue weighted by Crippen LogP contribution is 2.23. The molecule has 0 aliphatic carbocycles. The number of hydrogen-bond acceptors (Lipinski definition) is 1. The van der Waals surface area contributed by atoms with Crippen LogP contribution in [-0.4, -0.2) is 24.1 Å². The Morgan fingerprint density at radius 1 is 1.47 bits per heavy atom. The number of hydrogen-bond donors (Lipinski definition) is 1. The Morgan fingerprint density at radius 2 is 2.12 bits per heavy atom. The standard InChI is InChI=1S/C12H16F3N2/c1-4-8-17(3)10-16-7-5-6-11(2)9-12(13,14)15/h5-8,16H,1,3,9-10H2,2H3/q+1. The summed E-state index contributed by atoms with van der Waals surface area (Å²) in [6, 6.07) is 0. The number of allylic oxidation sites excluding steroid dienone is 3. The van der Waals surface area contributed by atoms with Gasteiger partial charge in [-0.1, -0.05) is 24.0 Å². The minimum absolute atomic E-state index is 0.257. The summed E-state index contributed by atoms with van der Waals surface area (Å²) in [5.74, 6) is 0. The quantitative estimate of drug-likeness (QED) is 0.250. The van der Waals surface area contributed by atoms with Crippen molar-refractivity contribution in [2.75, 3.05) is 6.67 Å². The molecule has 2 nitrogen and oxygen atoms in total. The fraction of sp³-hybridized carbons (Fsp3) is 0.333. The van der Waals surface area contributed by atoms with E-state index in [9.17, 15) is 13.2 Å². The van der Waals surface area contributed by atoms with Gasteiger partial charge in [-0.05, 0) is 13.0 Å². The molecule has 0 aliphatic heterocycles. The Kier molecular flexibility index (Phi) is 6.75. The molecular weight excluding hydrogens is 229 g/mol. The number of rotatable bonds is 6. The van der Waals surface area contributed by atoms with Crippen molar-refractivity contribution in [2.45, 2.75) is 19.5 Å². The highest BCUT2D eigenvalue weighted by atomic mass is 19.4.